The molecule has 2 aliphatic heterocycles. The van der Waals surface area contributed by atoms with Gasteiger partial charge < -0.3 is 5.32 Å². The van der Waals surface area contributed by atoms with E-state index in [9.17, 15) is 8.42 Å². The number of nitrogens with one attached hydrogen (secondary N) is 1. The Morgan fingerprint density at radius 1 is 1.27 bits per heavy atom. The zero-order valence-electron chi connectivity index (χ0n) is 12.4. The molecule has 2 fully saturated rings. The summed E-state index contributed by atoms with van der Waals surface area (Å²) >= 11 is 0. The molecule has 2 heterocycles. The zero-order chi connectivity index (χ0) is 15.0. The Balaban J connectivity index is 0.00000176. The molecule has 1 aromatic carbocycles. The molecule has 0 saturated carbocycles. The van der Waals surface area contributed by atoms with Crippen molar-refractivity contribution in [3.8, 4) is 6.07 Å². The molecule has 1 aromatic rings. The standard InChI is InChI=1S/C15H19N3O2S.ClH/c1-11-2-3-12(9-16)8-15(11)21(19,20)18-7-6-13-4-5-14(10-18)17-13;/h2-3,8,13-14,17H,4-7,10H2,1H3;1H. The van der Waals surface area contributed by atoms with Crippen LogP contribution in [0, 0.1) is 18.3 Å². The van der Waals surface area contributed by atoms with E-state index in [1.54, 1.807) is 23.4 Å². The molecule has 2 unspecified atom stereocenters. The fourth-order valence-electron chi connectivity index (χ4n) is 3.22. The Morgan fingerprint density at radius 2 is 2.00 bits per heavy atom. The molecule has 0 spiro atoms. The molecule has 5 nitrogen and oxygen atoms in total. The van der Waals surface area contributed by atoms with Gasteiger partial charge in [0.05, 0.1) is 16.5 Å². The number of nitrogens with zero attached hydrogens (tertiary/aromatic N) is 2. The minimum absolute atomic E-state index is 0. The van der Waals surface area contributed by atoms with E-state index < -0.39 is 10.0 Å². The maximum Gasteiger partial charge on any atom is 0.243 e. The molecular weight excluding hydrogens is 322 g/mol. The number of aryl methyl sites for hydroxylation is 1. The normalized spacial score (nSPS) is 25.1. The van der Waals surface area contributed by atoms with Crippen LogP contribution in [0.1, 0.15) is 30.4 Å². The van der Waals surface area contributed by atoms with Crippen LogP contribution in [-0.4, -0.2) is 37.9 Å². The van der Waals surface area contributed by atoms with Gasteiger partial charge >= 0.3 is 0 Å². The molecule has 2 saturated heterocycles. The molecule has 1 N–H and O–H groups in total. The van der Waals surface area contributed by atoms with Crippen LogP contribution >= 0.6 is 12.4 Å². The predicted octanol–water partition coefficient (Wildman–Crippen LogP) is 1.80. The predicted molar refractivity (Wildman–Crippen MR) is 86.5 cm³/mol. The number of rotatable bonds is 2. The van der Waals surface area contributed by atoms with E-state index in [-0.39, 0.29) is 23.3 Å². The number of hydrogen-bond donors (Lipinski definition) is 1. The lowest BCUT2D eigenvalue weighted by molar-refractivity contribution is 0.383. The Bertz CT molecular complexity index is 699. The lowest BCUT2D eigenvalue weighted by atomic mass is 10.1. The molecule has 0 aromatic heterocycles. The lowest BCUT2D eigenvalue weighted by Gasteiger charge is -2.24. The van der Waals surface area contributed by atoms with Gasteiger partial charge in [0.2, 0.25) is 10.0 Å². The van der Waals surface area contributed by atoms with Crippen molar-refractivity contribution < 1.29 is 8.42 Å². The highest BCUT2D eigenvalue weighted by atomic mass is 35.5. The third-order valence-electron chi connectivity index (χ3n) is 4.42. The molecule has 3 rings (SSSR count). The van der Waals surface area contributed by atoms with E-state index in [1.807, 2.05) is 6.07 Å². The average Bonchev–Trinajstić information content (AvgIpc) is 2.78. The zero-order valence-corrected chi connectivity index (χ0v) is 14.1. The summed E-state index contributed by atoms with van der Waals surface area (Å²) in [5.41, 5.74) is 1.07. The summed E-state index contributed by atoms with van der Waals surface area (Å²) in [7, 11) is -3.53. The van der Waals surface area contributed by atoms with Crippen molar-refractivity contribution >= 4 is 22.4 Å². The Morgan fingerprint density at radius 3 is 2.73 bits per heavy atom. The van der Waals surface area contributed by atoms with Crippen molar-refractivity contribution in [2.24, 2.45) is 0 Å². The van der Waals surface area contributed by atoms with Crippen molar-refractivity contribution in [3.05, 3.63) is 29.3 Å². The average molecular weight is 342 g/mol. The van der Waals surface area contributed by atoms with Gasteiger partial charge in [0.1, 0.15) is 0 Å². The Hall–Kier alpha value is -1.13. The summed E-state index contributed by atoms with van der Waals surface area (Å²) in [5, 5.41) is 12.5. The first-order chi connectivity index (χ1) is 10.0. The van der Waals surface area contributed by atoms with Gasteiger partial charge in [0.25, 0.3) is 0 Å². The molecule has 120 valence electrons. The summed E-state index contributed by atoms with van der Waals surface area (Å²) in [6.45, 7) is 2.85. The molecular formula is C15H20ClN3O2S. The van der Waals surface area contributed by atoms with Gasteiger partial charge in [-0.05, 0) is 43.9 Å². The Kier molecular flexibility index (Phi) is 5.13. The van der Waals surface area contributed by atoms with E-state index >= 15 is 0 Å². The summed E-state index contributed by atoms with van der Waals surface area (Å²) in [4.78, 5) is 0.263. The molecule has 7 heteroatoms. The van der Waals surface area contributed by atoms with E-state index in [0.717, 1.165) is 19.3 Å². The van der Waals surface area contributed by atoms with E-state index in [4.69, 9.17) is 5.26 Å². The second-order valence-electron chi connectivity index (χ2n) is 5.88. The molecule has 2 aliphatic rings. The molecule has 0 radical (unpaired) electrons. The van der Waals surface area contributed by atoms with Gasteiger partial charge in [-0.1, -0.05) is 6.07 Å². The summed E-state index contributed by atoms with van der Waals surface area (Å²) in [5.74, 6) is 0. The lowest BCUT2D eigenvalue weighted by Crippen LogP contribution is -2.39. The third kappa shape index (κ3) is 3.13. The SMILES string of the molecule is Cc1ccc(C#N)cc1S(=O)(=O)N1CCC2CCC(C1)N2.Cl. The fourth-order valence-corrected chi connectivity index (χ4v) is 4.97. The third-order valence-corrected chi connectivity index (χ3v) is 6.43. The van der Waals surface area contributed by atoms with Gasteiger partial charge in [0, 0.05) is 25.2 Å². The first-order valence-corrected chi connectivity index (χ1v) is 8.71. The number of halogens is 1. The van der Waals surface area contributed by atoms with Crippen LogP contribution in [0.3, 0.4) is 0 Å². The molecule has 0 amide bonds. The molecule has 0 aliphatic carbocycles. The van der Waals surface area contributed by atoms with Crippen LogP contribution in [-0.2, 0) is 10.0 Å². The number of fused-ring (bicyclic) bond motifs is 2. The summed E-state index contributed by atoms with van der Waals surface area (Å²) in [6.07, 6.45) is 3.03. The van der Waals surface area contributed by atoms with Crippen molar-refractivity contribution in [3.63, 3.8) is 0 Å². The highest BCUT2D eigenvalue weighted by Gasteiger charge is 2.35. The van der Waals surface area contributed by atoms with Crippen LogP contribution in [0.5, 0.6) is 0 Å². The molecule has 2 atom stereocenters. The van der Waals surface area contributed by atoms with Crippen molar-refractivity contribution in [2.45, 2.75) is 43.2 Å². The number of hydrogen-bond acceptors (Lipinski definition) is 4. The molecule has 22 heavy (non-hydrogen) atoms. The van der Waals surface area contributed by atoms with Crippen LogP contribution in [0.4, 0.5) is 0 Å². The minimum atomic E-state index is -3.53. The number of nitriles is 1. The highest BCUT2D eigenvalue weighted by Crippen LogP contribution is 2.27. The quantitative estimate of drug-likeness (QED) is 0.890. The maximum absolute atomic E-state index is 12.9. The highest BCUT2D eigenvalue weighted by molar-refractivity contribution is 7.89. The maximum atomic E-state index is 12.9. The Labute approximate surface area is 137 Å². The van der Waals surface area contributed by atoms with Crippen LogP contribution in [0.15, 0.2) is 23.1 Å². The minimum Gasteiger partial charge on any atom is -0.310 e. The number of sulfonamides is 1. The van der Waals surface area contributed by atoms with Crippen LogP contribution in [0.2, 0.25) is 0 Å². The van der Waals surface area contributed by atoms with Crippen LogP contribution in [0.25, 0.3) is 0 Å². The van der Waals surface area contributed by atoms with Crippen molar-refractivity contribution in [1.82, 2.24) is 9.62 Å². The summed E-state index contributed by atoms with van der Waals surface area (Å²) < 4.78 is 27.4. The van der Waals surface area contributed by atoms with Gasteiger partial charge in [0.15, 0.2) is 0 Å². The van der Waals surface area contributed by atoms with E-state index in [0.29, 0.717) is 30.3 Å². The van der Waals surface area contributed by atoms with Crippen molar-refractivity contribution in [1.29, 1.82) is 5.26 Å². The van der Waals surface area contributed by atoms with Crippen LogP contribution < -0.4 is 5.32 Å². The summed E-state index contributed by atoms with van der Waals surface area (Å²) in [6, 6.07) is 7.56. The number of benzene rings is 1. The smallest absolute Gasteiger partial charge is 0.243 e. The molecule has 2 bridgehead atoms. The van der Waals surface area contributed by atoms with E-state index in [2.05, 4.69) is 5.32 Å². The second-order valence-corrected chi connectivity index (χ2v) is 7.79. The fraction of sp³-hybridized carbons (Fsp3) is 0.533. The second kappa shape index (κ2) is 6.55. The van der Waals surface area contributed by atoms with E-state index in [1.165, 1.54) is 6.07 Å². The topological polar surface area (TPSA) is 73.2 Å². The van der Waals surface area contributed by atoms with Gasteiger partial charge in [-0.3, -0.25) is 0 Å². The largest absolute Gasteiger partial charge is 0.310 e. The first kappa shape index (κ1) is 17.2. The van der Waals surface area contributed by atoms with Gasteiger partial charge in [-0.15, -0.1) is 12.4 Å². The van der Waals surface area contributed by atoms with Gasteiger partial charge in [-0.2, -0.15) is 9.57 Å². The monoisotopic (exact) mass is 341 g/mol. The van der Waals surface area contributed by atoms with Crippen molar-refractivity contribution in [2.75, 3.05) is 13.1 Å². The van der Waals surface area contributed by atoms with Gasteiger partial charge in [-0.25, -0.2) is 8.42 Å². The first-order valence-electron chi connectivity index (χ1n) is 7.27.